The van der Waals surface area contributed by atoms with Gasteiger partial charge in [0.25, 0.3) is 0 Å². The summed E-state index contributed by atoms with van der Waals surface area (Å²) in [6.07, 6.45) is -2.14. The summed E-state index contributed by atoms with van der Waals surface area (Å²) < 4.78 is 45.8. The molecular weight excluding hydrogens is 213 g/mol. The molecule has 0 saturated carbocycles. The monoisotopic (exact) mass is 224 g/mol. The highest BCUT2D eigenvalue weighted by Gasteiger charge is 2.65. The van der Waals surface area contributed by atoms with Crippen LogP contribution >= 0.6 is 0 Å². The van der Waals surface area contributed by atoms with Crippen LogP contribution in [0.25, 0.3) is 0 Å². The number of carbonyl (C=O) groups excluding carboxylic acids is 1. The number of hydrogen-bond donors (Lipinski definition) is 0. The van der Waals surface area contributed by atoms with E-state index in [-0.39, 0.29) is 19.6 Å². The highest BCUT2D eigenvalue weighted by molar-refractivity contribution is 5.81. The SMILES string of the molecule is CC=CC(=O)OCCC1(C(F)(F)F)CO1. The predicted molar refractivity (Wildman–Crippen MR) is 45.1 cm³/mol. The normalized spacial score (nSPS) is 25.6. The van der Waals surface area contributed by atoms with Crippen molar-refractivity contribution in [1.29, 1.82) is 0 Å². The Kier molecular flexibility index (Phi) is 3.38. The number of ether oxygens (including phenoxy) is 2. The molecule has 0 spiro atoms. The van der Waals surface area contributed by atoms with E-state index in [1.807, 2.05) is 0 Å². The Morgan fingerprint density at radius 1 is 1.60 bits per heavy atom. The van der Waals surface area contributed by atoms with Gasteiger partial charge in [0.15, 0.2) is 5.60 Å². The maximum absolute atomic E-state index is 12.3. The fourth-order valence-corrected chi connectivity index (χ4v) is 1.04. The molecule has 3 nitrogen and oxygen atoms in total. The van der Waals surface area contributed by atoms with Crippen LogP contribution in [0.5, 0.6) is 0 Å². The molecule has 0 bridgehead atoms. The lowest BCUT2D eigenvalue weighted by Crippen LogP contribution is -2.34. The van der Waals surface area contributed by atoms with Crippen molar-refractivity contribution in [3.8, 4) is 0 Å². The zero-order chi connectivity index (χ0) is 11.5. The average molecular weight is 224 g/mol. The molecule has 0 radical (unpaired) electrons. The van der Waals surface area contributed by atoms with Crippen molar-refractivity contribution in [2.24, 2.45) is 0 Å². The molecule has 86 valence electrons. The number of rotatable bonds is 4. The van der Waals surface area contributed by atoms with Gasteiger partial charge in [0.2, 0.25) is 0 Å². The minimum atomic E-state index is -4.39. The fourth-order valence-electron chi connectivity index (χ4n) is 1.04. The first-order valence-corrected chi connectivity index (χ1v) is 4.41. The first kappa shape index (κ1) is 12.0. The van der Waals surface area contributed by atoms with Crippen molar-refractivity contribution in [2.75, 3.05) is 13.2 Å². The van der Waals surface area contributed by atoms with Crippen molar-refractivity contribution >= 4 is 5.97 Å². The molecule has 6 heteroatoms. The van der Waals surface area contributed by atoms with E-state index in [2.05, 4.69) is 9.47 Å². The lowest BCUT2D eigenvalue weighted by atomic mass is 10.1. The van der Waals surface area contributed by atoms with Crippen LogP contribution in [0.1, 0.15) is 13.3 Å². The second-order valence-electron chi connectivity index (χ2n) is 3.20. The summed E-state index contributed by atoms with van der Waals surface area (Å²) in [5.74, 6) is -0.643. The molecule has 0 aromatic carbocycles. The molecule has 1 unspecified atom stereocenters. The van der Waals surface area contributed by atoms with E-state index >= 15 is 0 Å². The molecule has 1 saturated heterocycles. The lowest BCUT2D eigenvalue weighted by Gasteiger charge is -2.15. The molecule has 1 aliphatic rings. The first-order valence-electron chi connectivity index (χ1n) is 4.41. The van der Waals surface area contributed by atoms with E-state index in [1.54, 1.807) is 6.92 Å². The third-order valence-electron chi connectivity index (χ3n) is 2.06. The standard InChI is InChI=1S/C9H11F3O3/c1-2-3-7(13)14-5-4-8(6-15-8)9(10,11)12/h2-3H,4-6H2,1H3. The molecule has 0 aromatic rings. The minimum absolute atomic E-state index is 0.289. The maximum atomic E-state index is 12.3. The Morgan fingerprint density at radius 3 is 2.60 bits per heavy atom. The van der Waals surface area contributed by atoms with Crippen molar-refractivity contribution in [3.63, 3.8) is 0 Å². The summed E-state index contributed by atoms with van der Waals surface area (Å²) in [7, 11) is 0. The molecule has 1 fully saturated rings. The van der Waals surface area contributed by atoms with Gasteiger partial charge < -0.3 is 9.47 Å². The van der Waals surface area contributed by atoms with Crippen LogP contribution in [0.2, 0.25) is 0 Å². The van der Waals surface area contributed by atoms with E-state index < -0.39 is 17.7 Å². The molecule has 1 atom stereocenters. The second-order valence-corrected chi connectivity index (χ2v) is 3.20. The molecule has 1 aliphatic heterocycles. The molecule has 0 N–H and O–H groups in total. The van der Waals surface area contributed by atoms with Crippen molar-refractivity contribution in [1.82, 2.24) is 0 Å². The van der Waals surface area contributed by atoms with E-state index in [0.29, 0.717) is 0 Å². The highest BCUT2D eigenvalue weighted by Crippen LogP contribution is 2.45. The Hall–Kier alpha value is -1.04. The molecule has 15 heavy (non-hydrogen) atoms. The van der Waals surface area contributed by atoms with Gasteiger partial charge in [0.1, 0.15) is 0 Å². The van der Waals surface area contributed by atoms with Gasteiger partial charge in [0.05, 0.1) is 13.2 Å². The number of alkyl halides is 3. The third-order valence-corrected chi connectivity index (χ3v) is 2.06. The van der Waals surface area contributed by atoms with Crippen LogP contribution in [0.3, 0.4) is 0 Å². The van der Waals surface area contributed by atoms with Crippen LogP contribution in [0.4, 0.5) is 13.2 Å². The molecule has 1 rings (SSSR count). The number of carbonyl (C=O) groups is 1. The van der Waals surface area contributed by atoms with E-state index in [4.69, 9.17) is 0 Å². The smallest absolute Gasteiger partial charge is 0.419 e. The van der Waals surface area contributed by atoms with Crippen molar-refractivity contribution in [2.45, 2.75) is 25.1 Å². The fraction of sp³-hybridized carbons (Fsp3) is 0.667. The summed E-state index contributed by atoms with van der Waals surface area (Å²) in [5, 5.41) is 0. The minimum Gasteiger partial charge on any atom is -0.462 e. The quantitative estimate of drug-likeness (QED) is 0.415. The van der Waals surface area contributed by atoms with Gasteiger partial charge in [-0.3, -0.25) is 0 Å². The van der Waals surface area contributed by atoms with Crippen LogP contribution in [-0.4, -0.2) is 31.0 Å². The zero-order valence-electron chi connectivity index (χ0n) is 8.13. The second kappa shape index (κ2) is 4.22. The third kappa shape index (κ3) is 2.95. The highest BCUT2D eigenvalue weighted by atomic mass is 19.4. The predicted octanol–water partition coefficient (Wildman–Crippen LogP) is 1.83. The molecular formula is C9H11F3O3. The van der Waals surface area contributed by atoms with E-state index in [0.717, 1.165) is 6.08 Å². The molecule has 0 amide bonds. The van der Waals surface area contributed by atoms with Crippen molar-refractivity contribution in [3.05, 3.63) is 12.2 Å². The van der Waals surface area contributed by atoms with Gasteiger partial charge in [-0.15, -0.1) is 0 Å². The molecule has 0 aliphatic carbocycles. The average Bonchev–Trinajstić information content (AvgIpc) is 2.84. The number of halogens is 3. The number of esters is 1. The zero-order valence-corrected chi connectivity index (χ0v) is 8.13. The van der Waals surface area contributed by atoms with Gasteiger partial charge in [-0.2, -0.15) is 13.2 Å². The Balaban J connectivity index is 2.30. The molecule has 0 aromatic heterocycles. The Morgan fingerprint density at radius 2 is 2.20 bits per heavy atom. The van der Waals surface area contributed by atoms with Crippen LogP contribution < -0.4 is 0 Å². The van der Waals surface area contributed by atoms with Crippen LogP contribution in [-0.2, 0) is 14.3 Å². The topological polar surface area (TPSA) is 38.8 Å². The molecule has 1 heterocycles. The van der Waals surface area contributed by atoms with E-state index in [1.165, 1.54) is 6.08 Å². The number of allylic oxidation sites excluding steroid dienone is 1. The van der Waals surface area contributed by atoms with Crippen LogP contribution in [0, 0.1) is 0 Å². The largest absolute Gasteiger partial charge is 0.462 e. The van der Waals surface area contributed by atoms with Crippen molar-refractivity contribution < 1.29 is 27.4 Å². The lowest BCUT2D eigenvalue weighted by molar-refractivity contribution is -0.188. The summed E-state index contributed by atoms with van der Waals surface area (Å²) in [5.41, 5.74) is -2.08. The first-order chi connectivity index (χ1) is 6.91. The summed E-state index contributed by atoms with van der Waals surface area (Å²) >= 11 is 0. The Labute approximate surface area is 84.8 Å². The Bertz CT molecular complexity index is 266. The van der Waals surface area contributed by atoms with Crippen LogP contribution in [0.15, 0.2) is 12.2 Å². The number of hydrogen-bond acceptors (Lipinski definition) is 3. The maximum Gasteiger partial charge on any atom is 0.419 e. The van der Waals surface area contributed by atoms with Gasteiger partial charge in [-0.1, -0.05) is 6.08 Å². The van der Waals surface area contributed by atoms with Gasteiger partial charge in [-0.25, -0.2) is 4.79 Å². The van der Waals surface area contributed by atoms with E-state index in [9.17, 15) is 18.0 Å². The summed E-state index contributed by atoms with van der Waals surface area (Å²) in [6, 6.07) is 0. The summed E-state index contributed by atoms with van der Waals surface area (Å²) in [6.45, 7) is 0.975. The van der Waals surface area contributed by atoms with Gasteiger partial charge >= 0.3 is 12.1 Å². The summed E-state index contributed by atoms with van der Waals surface area (Å²) in [4.78, 5) is 10.8. The van der Waals surface area contributed by atoms with Gasteiger partial charge in [0, 0.05) is 12.5 Å². The number of epoxide rings is 1. The van der Waals surface area contributed by atoms with Gasteiger partial charge in [-0.05, 0) is 6.92 Å².